The quantitative estimate of drug-likeness (QED) is 0.439. The summed E-state index contributed by atoms with van der Waals surface area (Å²) in [5.74, 6) is 0.125. The van der Waals surface area contributed by atoms with Gasteiger partial charge in [0, 0.05) is 12.2 Å². The summed E-state index contributed by atoms with van der Waals surface area (Å²) in [5.41, 5.74) is 3.23. The normalized spacial score (nSPS) is 14.6. The van der Waals surface area contributed by atoms with Crippen molar-refractivity contribution < 1.29 is 4.79 Å². The number of anilines is 1. The summed E-state index contributed by atoms with van der Waals surface area (Å²) < 4.78 is 3.26. The number of amides is 1. The number of fused-ring (bicyclic) bond motifs is 1. The monoisotopic (exact) mass is 413 g/mol. The first-order chi connectivity index (χ1) is 13.1. The highest BCUT2D eigenvalue weighted by Crippen LogP contribution is 2.32. The molecule has 1 unspecified atom stereocenters. The van der Waals surface area contributed by atoms with Crippen molar-refractivity contribution in [2.75, 3.05) is 11.4 Å². The molecule has 1 atom stereocenters. The topological polar surface area (TPSA) is 38.1 Å². The average molecular weight is 414 g/mol. The van der Waals surface area contributed by atoms with Crippen molar-refractivity contribution >= 4 is 46.9 Å². The van der Waals surface area contributed by atoms with Gasteiger partial charge in [0.05, 0.1) is 10.9 Å². The Kier molecular flexibility index (Phi) is 5.43. The molecule has 7 heteroatoms. The molecule has 0 aliphatic carbocycles. The minimum absolute atomic E-state index is 0.125. The van der Waals surface area contributed by atoms with E-state index in [4.69, 9.17) is 12.2 Å². The van der Waals surface area contributed by atoms with Crippen LogP contribution in [0.1, 0.15) is 18.9 Å². The molecule has 138 valence electrons. The summed E-state index contributed by atoms with van der Waals surface area (Å²) in [6.45, 7) is 2.72. The Morgan fingerprint density at radius 1 is 1.19 bits per heavy atom. The molecule has 27 heavy (non-hydrogen) atoms. The van der Waals surface area contributed by atoms with E-state index in [1.807, 2.05) is 60.4 Å². The smallest absolute Gasteiger partial charge is 0.240 e. The van der Waals surface area contributed by atoms with Crippen LogP contribution in [0.25, 0.3) is 5.69 Å². The van der Waals surface area contributed by atoms with Gasteiger partial charge in [-0.25, -0.2) is 4.68 Å². The Morgan fingerprint density at radius 2 is 1.93 bits per heavy atom. The highest BCUT2D eigenvalue weighted by Gasteiger charge is 2.27. The van der Waals surface area contributed by atoms with Gasteiger partial charge >= 0.3 is 0 Å². The number of aryl methyl sites for hydroxylation is 1. The Morgan fingerprint density at radius 3 is 2.74 bits per heavy atom. The molecule has 2 aromatic carbocycles. The van der Waals surface area contributed by atoms with E-state index in [0.717, 1.165) is 35.1 Å². The highest BCUT2D eigenvalue weighted by atomic mass is 32.2. The Labute approximate surface area is 171 Å². The lowest BCUT2D eigenvalue weighted by atomic mass is 10.0. The standard InChI is InChI=1S/C20H19N3OS3/c1-14(18(24)22-13-7-9-15-8-5-6-12-17(15)22)26-19-21-23(20(25)27-19)16-10-3-2-4-11-16/h2-6,8,10-12,14H,7,9,13H2,1H3. The van der Waals surface area contributed by atoms with Crippen LogP contribution in [0.2, 0.25) is 0 Å². The maximum Gasteiger partial charge on any atom is 0.240 e. The summed E-state index contributed by atoms with van der Waals surface area (Å²) in [5, 5.41) is 4.39. The van der Waals surface area contributed by atoms with E-state index in [0.29, 0.717) is 3.95 Å². The predicted octanol–water partition coefficient (Wildman–Crippen LogP) is 5.12. The Hall–Kier alpha value is -1.96. The molecule has 4 nitrogen and oxygen atoms in total. The van der Waals surface area contributed by atoms with Gasteiger partial charge in [0.25, 0.3) is 0 Å². The molecule has 3 aromatic rings. The maximum atomic E-state index is 13.1. The van der Waals surface area contributed by atoms with Crippen LogP contribution in [0.15, 0.2) is 58.9 Å². The van der Waals surface area contributed by atoms with Crippen molar-refractivity contribution in [1.82, 2.24) is 9.78 Å². The molecule has 0 spiro atoms. The van der Waals surface area contributed by atoms with Crippen LogP contribution in [0.3, 0.4) is 0 Å². The van der Waals surface area contributed by atoms with Gasteiger partial charge in [0.15, 0.2) is 8.29 Å². The number of rotatable bonds is 4. The van der Waals surface area contributed by atoms with E-state index in [2.05, 4.69) is 11.2 Å². The van der Waals surface area contributed by atoms with Gasteiger partial charge in [0.1, 0.15) is 0 Å². The largest absolute Gasteiger partial charge is 0.311 e. The van der Waals surface area contributed by atoms with Gasteiger partial charge in [-0.15, -0.1) is 5.10 Å². The van der Waals surface area contributed by atoms with E-state index in [1.165, 1.54) is 28.7 Å². The number of carbonyl (C=O) groups is 1. The van der Waals surface area contributed by atoms with Crippen molar-refractivity contribution in [2.45, 2.75) is 29.4 Å². The second-order valence-corrected chi connectivity index (χ2v) is 9.57. The fourth-order valence-corrected chi connectivity index (χ4v) is 5.79. The van der Waals surface area contributed by atoms with Gasteiger partial charge in [-0.1, -0.05) is 59.5 Å². The van der Waals surface area contributed by atoms with Crippen molar-refractivity contribution in [3.63, 3.8) is 0 Å². The fraction of sp³-hybridized carbons (Fsp3) is 0.250. The highest BCUT2D eigenvalue weighted by molar-refractivity contribution is 8.02. The number of aromatic nitrogens is 2. The van der Waals surface area contributed by atoms with E-state index in [1.54, 1.807) is 4.68 Å². The third-order valence-corrected chi connectivity index (χ3v) is 6.94. The summed E-state index contributed by atoms with van der Waals surface area (Å²) in [7, 11) is 0. The van der Waals surface area contributed by atoms with Crippen LogP contribution < -0.4 is 4.90 Å². The number of nitrogens with zero attached hydrogens (tertiary/aromatic N) is 3. The van der Waals surface area contributed by atoms with Crippen LogP contribution in [0, 0.1) is 3.95 Å². The molecule has 0 N–H and O–H groups in total. The first kappa shape index (κ1) is 18.4. The molecule has 4 rings (SSSR count). The SMILES string of the molecule is CC(Sc1nn(-c2ccccc2)c(=S)s1)C(=O)N1CCCc2ccccc21. The molecule has 0 fully saturated rings. The lowest BCUT2D eigenvalue weighted by molar-refractivity contribution is -0.117. The predicted molar refractivity (Wildman–Crippen MR) is 115 cm³/mol. The first-order valence-electron chi connectivity index (χ1n) is 8.85. The molecule has 1 aromatic heterocycles. The molecular weight excluding hydrogens is 394 g/mol. The molecule has 1 amide bonds. The molecule has 1 aliphatic rings. The first-order valence-corrected chi connectivity index (χ1v) is 11.0. The van der Waals surface area contributed by atoms with Crippen molar-refractivity contribution in [3.8, 4) is 5.69 Å². The number of para-hydroxylation sites is 2. The molecular formula is C20H19N3OS3. The van der Waals surface area contributed by atoms with Crippen LogP contribution in [0.4, 0.5) is 5.69 Å². The molecule has 0 saturated heterocycles. The zero-order valence-electron chi connectivity index (χ0n) is 14.9. The zero-order valence-corrected chi connectivity index (χ0v) is 17.3. The molecule has 0 saturated carbocycles. The van der Waals surface area contributed by atoms with Gasteiger partial charge in [-0.2, -0.15) is 0 Å². The Bertz CT molecular complexity index is 1010. The van der Waals surface area contributed by atoms with Gasteiger partial charge in [-0.05, 0) is 55.7 Å². The average Bonchev–Trinajstić information content (AvgIpc) is 3.07. The number of carbonyl (C=O) groups excluding carboxylic acids is 1. The van der Waals surface area contributed by atoms with Crippen molar-refractivity contribution in [2.24, 2.45) is 0 Å². The second kappa shape index (κ2) is 7.96. The van der Waals surface area contributed by atoms with E-state index in [9.17, 15) is 4.79 Å². The van der Waals surface area contributed by atoms with Crippen LogP contribution in [-0.4, -0.2) is 27.5 Å². The minimum Gasteiger partial charge on any atom is -0.311 e. The Balaban J connectivity index is 1.53. The number of benzene rings is 2. The third-order valence-electron chi connectivity index (χ3n) is 4.53. The van der Waals surface area contributed by atoms with Crippen molar-refractivity contribution in [1.29, 1.82) is 0 Å². The lowest BCUT2D eigenvalue weighted by Gasteiger charge is -2.31. The van der Waals surface area contributed by atoms with Gasteiger partial charge < -0.3 is 4.90 Å². The lowest BCUT2D eigenvalue weighted by Crippen LogP contribution is -2.40. The third kappa shape index (κ3) is 3.85. The summed E-state index contributed by atoms with van der Waals surface area (Å²) >= 11 is 8.39. The van der Waals surface area contributed by atoms with Crippen LogP contribution >= 0.6 is 35.3 Å². The number of hydrogen-bond acceptors (Lipinski definition) is 5. The minimum atomic E-state index is -0.221. The summed E-state index contributed by atoms with van der Waals surface area (Å²) in [6, 6.07) is 18.0. The molecule has 2 heterocycles. The maximum absolute atomic E-state index is 13.1. The molecule has 0 bridgehead atoms. The molecule has 1 aliphatic heterocycles. The zero-order chi connectivity index (χ0) is 18.8. The fourth-order valence-electron chi connectivity index (χ4n) is 3.22. The second-order valence-electron chi connectivity index (χ2n) is 6.36. The van der Waals surface area contributed by atoms with Crippen LogP contribution in [0.5, 0.6) is 0 Å². The number of thioether (sulfide) groups is 1. The molecule has 0 radical (unpaired) electrons. The van der Waals surface area contributed by atoms with Crippen molar-refractivity contribution in [3.05, 3.63) is 64.1 Å². The number of hydrogen-bond donors (Lipinski definition) is 0. The van der Waals surface area contributed by atoms with Crippen LogP contribution in [-0.2, 0) is 11.2 Å². The summed E-state index contributed by atoms with van der Waals surface area (Å²) in [4.78, 5) is 15.0. The van der Waals surface area contributed by atoms with E-state index < -0.39 is 0 Å². The van der Waals surface area contributed by atoms with Gasteiger partial charge in [0.2, 0.25) is 5.91 Å². The summed E-state index contributed by atoms with van der Waals surface area (Å²) in [6.07, 6.45) is 2.03. The van der Waals surface area contributed by atoms with Gasteiger partial charge in [-0.3, -0.25) is 4.79 Å². The van der Waals surface area contributed by atoms with E-state index >= 15 is 0 Å². The van der Waals surface area contributed by atoms with E-state index in [-0.39, 0.29) is 11.2 Å².